The number of aliphatic hydroxyl groups excluding tert-OH is 1. The van der Waals surface area contributed by atoms with Crippen molar-refractivity contribution in [2.45, 2.75) is 32.1 Å². The molecule has 3 rings (SSSR count). The predicted octanol–water partition coefficient (Wildman–Crippen LogP) is 2.35. The summed E-state index contributed by atoms with van der Waals surface area (Å²) in [5.74, 6) is 0.936. The minimum Gasteiger partial charge on any atom is -0.496 e. The highest BCUT2D eigenvalue weighted by atomic mass is 16.5. The van der Waals surface area contributed by atoms with Crippen LogP contribution in [0.15, 0.2) is 12.1 Å². The number of hydrogen-bond acceptors (Lipinski definition) is 3. The van der Waals surface area contributed by atoms with E-state index in [4.69, 9.17) is 9.47 Å². The molecule has 1 saturated carbocycles. The van der Waals surface area contributed by atoms with Gasteiger partial charge in [0.25, 0.3) is 0 Å². The van der Waals surface area contributed by atoms with Crippen molar-refractivity contribution in [3.63, 3.8) is 0 Å². The van der Waals surface area contributed by atoms with Gasteiger partial charge >= 0.3 is 0 Å². The topological polar surface area (TPSA) is 38.7 Å². The zero-order chi connectivity index (χ0) is 13.7. The fourth-order valence-corrected chi connectivity index (χ4v) is 3.53. The van der Waals surface area contributed by atoms with Gasteiger partial charge in [-0.2, -0.15) is 0 Å². The third-order valence-corrected chi connectivity index (χ3v) is 5.34. The van der Waals surface area contributed by atoms with Crippen LogP contribution in [0, 0.1) is 19.3 Å². The molecule has 0 amide bonds. The van der Waals surface area contributed by atoms with Crippen LogP contribution < -0.4 is 4.74 Å². The highest BCUT2D eigenvalue weighted by Gasteiger charge is 2.63. The van der Waals surface area contributed by atoms with E-state index in [1.54, 1.807) is 7.11 Å². The Morgan fingerprint density at radius 2 is 1.89 bits per heavy atom. The molecule has 1 heterocycles. The van der Waals surface area contributed by atoms with E-state index in [9.17, 15) is 5.11 Å². The third-order valence-electron chi connectivity index (χ3n) is 5.34. The Bertz CT molecular complexity index is 499. The Morgan fingerprint density at radius 3 is 2.32 bits per heavy atom. The van der Waals surface area contributed by atoms with Gasteiger partial charge in [0.2, 0.25) is 0 Å². The van der Waals surface area contributed by atoms with E-state index in [0.717, 1.165) is 31.8 Å². The van der Waals surface area contributed by atoms with E-state index >= 15 is 0 Å². The molecule has 2 aliphatic rings. The first-order chi connectivity index (χ1) is 9.10. The van der Waals surface area contributed by atoms with E-state index in [0.29, 0.717) is 0 Å². The molecule has 1 aliphatic carbocycles. The van der Waals surface area contributed by atoms with Crippen LogP contribution in [0.4, 0.5) is 0 Å². The van der Waals surface area contributed by atoms with Gasteiger partial charge in [-0.1, -0.05) is 6.07 Å². The fourth-order valence-electron chi connectivity index (χ4n) is 3.53. The molecule has 0 spiro atoms. The second-order valence-electron chi connectivity index (χ2n) is 6.08. The maximum absolute atomic E-state index is 9.80. The lowest BCUT2D eigenvalue weighted by Crippen LogP contribution is -2.55. The van der Waals surface area contributed by atoms with Gasteiger partial charge in [-0.25, -0.2) is 0 Å². The van der Waals surface area contributed by atoms with Crippen molar-refractivity contribution in [1.82, 2.24) is 0 Å². The maximum atomic E-state index is 9.80. The Labute approximate surface area is 114 Å². The first-order valence-corrected chi connectivity index (χ1v) is 6.93. The normalized spacial score (nSPS) is 22.7. The molecule has 0 bridgehead atoms. The molecule has 0 aromatic heterocycles. The number of benzene rings is 1. The van der Waals surface area contributed by atoms with E-state index in [1.165, 1.54) is 16.7 Å². The molecule has 0 unspecified atom stereocenters. The molecule has 0 atom stereocenters. The molecular weight excluding hydrogens is 240 g/mol. The zero-order valence-electron chi connectivity index (χ0n) is 12.0. The summed E-state index contributed by atoms with van der Waals surface area (Å²) in [6.45, 7) is 5.99. The van der Waals surface area contributed by atoms with Crippen LogP contribution in [0.5, 0.6) is 5.75 Å². The Kier molecular flexibility index (Phi) is 2.88. The van der Waals surface area contributed by atoms with Gasteiger partial charge in [0, 0.05) is 12.0 Å². The van der Waals surface area contributed by atoms with Crippen molar-refractivity contribution in [2.75, 3.05) is 26.9 Å². The summed E-state index contributed by atoms with van der Waals surface area (Å²) >= 11 is 0. The molecular formula is C16H22O3. The predicted molar refractivity (Wildman–Crippen MR) is 73.7 cm³/mol. The van der Waals surface area contributed by atoms with Crippen molar-refractivity contribution in [2.24, 2.45) is 5.41 Å². The second kappa shape index (κ2) is 4.22. The number of aliphatic hydroxyl groups is 1. The molecule has 19 heavy (non-hydrogen) atoms. The lowest BCUT2D eigenvalue weighted by atomic mass is 9.65. The molecule has 3 nitrogen and oxygen atoms in total. The molecule has 2 fully saturated rings. The summed E-state index contributed by atoms with van der Waals surface area (Å²) in [5, 5.41) is 9.80. The van der Waals surface area contributed by atoms with Crippen LogP contribution in [0.3, 0.4) is 0 Å². The van der Waals surface area contributed by atoms with Crippen LogP contribution in [-0.4, -0.2) is 32.0 Å². The minimum atomic E-state index is 0.0167. The molecule has 1 N–H and O–H groups in total. The molecule has 1 aromatic rings. The van der Waals surface area contributed by atoms with Gasteiger partial charge in [-0.3, -0.25) is 0 Å². The van der Waals surface area contributed by atoms with Gasteiger partial charge in [-0.05, 0) is 49.4 Å². The first kappa shape index (κ1) is 12.9. The van der Waals surface area contributed by atoms with Gasteiger partial charge in [-0.15, -0.1) is 0 Å². The smallest absolute Gasteiger partial charge is 0.122 e. The van der Waals surface area contributed by atoms with Crippen molar-refractivity contribution in [3.8, 4) is 5.75 Å². The van der Waals surface area contributed by atoms with Crippen LogP contribution in [0.2, 0.25) is 0 Å². The third kappa shape index (κ3) is 1.58. The molecule has 1 aromatic carbocycles. The highest BCUT2D eigenvalue weighted by molar-refractivity contribution is 5.49. The minimum absolute atomic E-state index is 0.0167. The first-order valence-electron chi connectivity index (χ1n) is 6.93. The quantitative estimate of drug-likeness (QED) is 0.905. The summed E-state index contributed by atoms with van der Waals surface area (Å²) in [6.07, 6.45) is 2.22. The van der Waals surface area contributed by atoms with E-state index in [1.807, 2.05) is 6.07 Å². The van der Waals surface area contributed by atoms with Crippen LogP contribution in [-0.2, 0) is 10.2 Å². The summed E-state index contributed by atoms with van der Waals surface area (Å²) in [6, 6.07) is 4.21. The lowest BCUT2D eigenvalue weighted by Gasteiger charge is -2.49. The molecule has 104 valence electrons. The monoisotopic (exact) mass is 262 g/mol. The van der Waals surface area contributed by atoms with Crippen LogP contribution >= 0.6 is 0 Å². The van der Waals surface area contributed by atoms with Gasteiger partial charge < -0.3 is 14.6 Å². The summed E-state index contributed by atoms with van der Waals surface area (Å²) < 4.78 is 10.9. The van der Waals surface area contributed by atoms with Crippen molar-refractivity contribution < 1.29 is 14.6 Å². The fraction of sp³-hybridized carbons (Fsp3) is 0.625. The Morgan fingerprint density at radius 1 is 1.21 bits per heavy atom. The van der Waals surface area contributed by atoms with Gasteiger partial charge in [0.15, 0.2) is 0 Å². The van der Waals surface area contributed by atoms with E-state index in [2.05, 4.69) is 19.9 Å². The molecule has 1 aliphatic heterocycles. The van der Waals surface area contributed by atoms with Crippen molar-refractivity contribution in [3.05, 3.63) is 28.8 Å². The average Bonchev–Trinajstić information content (AvgIpc) is 3.15. The van der Waals surface area contributed by atoms with Crippen LogP contribution in [0.1, 0.15) is 29.5 Å². The van der Waals surface area contributed by atoms with E-state index in [-0.39, 0.29) is 17.4 Å². The van der Waals surface area contributed by atoms with Gasteiger partial charge in [0.1, 0.15) is 5.75 Å². The SMILES string of the molecule is COc1ccc(C2(C3(CO)CC3)COC2)c(C)c1C. The highest BCUT2D eigenvalue weighted by Crippen LogP contribution is 2.62. The van der Waals surface area contributed by atoms with Crippen molar-refractivity contribution in [1.29, 1.82) is 0 Å². The largest absolute Gasteiger partial charge is 0.496 e. The zero-order valence-corrected chi connectivity index (χ0v) is 12.0. The van der Waals surface area contributed by atoms with Gasteiger partial charge in [0.05, 0.1) is 25.7 Å². The van der Waals surface area contributed by atoms with E-state index < -0.39 is 0 Å². The van der Waals surface area contributed by atoms with Crippen molar-refractivity contribution >= 4 is 0 Å². The summed E-state index contributed by atoms with van der Waals surface area (Å²) in [4.78, 5) is 0. The summed E-state index contributed by atoms with van der Waals surface area (Å²) in [7, 11) is 1.71. The average molecular weight is 262 g/mol. The number of methoxy groups -OCH3 is 1. The molecule has 3 heteroatoms. The Balaban J connectivity index is 2.08. The second-order valence-corrected chi connectivity index (χ2v) is 6.08. The molecule has 0 radical (unpaired) electrons. The summed E-state index contributed by atoms with van der Waals surface area (Å²) in [5.41, 5.74) is 3.88. The number of hydrogen-bond donors (Lipinski definition) is 1. The van der Waals surface area contributed by atoms with Crippen LogP contribution in [0.25, 0.3) is 0 Å². The maximum Gasteiger partial charge on any atom is 0.122 e. The standard InChI is InChI=1S/C16H22O3/c1-11-12(2)14(18-3)5-4-13(11)16(9-19-10-16)15(8-17)6-7-15/h4-5,17H,6-10H2,1-3H3. The lowest BCUT2D eigenvalue weighted by molar-refractivity contribution is -0.110. The Hall–Kier alpha value is -1.06. The number of rotatable bonds is 4. The number of ether oxygens (including phenoxy) is 2. The molecule has 1 saturated heterocycles.